The number of sulfone groups is 1. The van der Waals surface area contributed by atoms with E-state index < -0.39 is 11.3 Å². The second-order valence-electron chi connectivity index (χ2n) is 2.12. The van der Waals surface area contributed by atoms with Crippen molar-refractivity contribution in [2.24, 2.45) is 0 Å². The summed E-state index contributed by atoms with van der Waals surface area (Å²) in [6.07, 6.45) is 1.56. The number of unbranched alkanes of at least 4 members (excludes halogenated alkanes) is 1. The van der Waals surface area contributed by atoms with E-state index in [4.69, 9.17) is 0 Å². The Balaban J connectivity index is 4.26. The Kier molecular flexibility index (Phi) is 5.16. The van der Waals surface area contributed by atoms with E-state index in [0.29, 0.717) is 6.42 Å². The SMILES string of the molecule is CCCCS(=O)(=O)C(Br)(Br)Br. The van der Waals surface area contributed by atoms with Crippen LogP contribution in [0.4, 0.5) is 0 Å². The van der Waals surface area contributed by atoms with Crippen molar-refractivity contribution in [3.63, 3.8) is 0 Å². The summed E-state index contributed by atoms with van der Waals surface area (Å²) in [7, 11) is -3.11. The normalized spacial score (nSPS) is 13.5. The third-order valence-corrected chi connectivity index (χ3v) is 7.09. The van der Waals surface area contributed by atoms with Gasteiger partial charge in [0.2, 0.25) is 1.47 Å². The standard InChI is InChI=1S/C5H9Br3O2S/c1-2-3-4-11(9,10)5(6,7)8/h2-4H2,1H3. The van der Waals surface area contributed by atoms with E-state index in [9.17, 15) is 8.42 Å². The van der Waals surface area contributed by atoms with Gasteiger partial charge in [0.15, 0.2) is 9.84 Å². The summed E-state index contributed by atoms with van der Waals surface area (Å²) in [5.41, 5.74) is 0. The Morgan fingerprint density at radius 2 is 1.73 bits per heavy atom. The molecule has 0 aromatic carbocycles. The molecule has 0 saturated carbocycles. The summed E-state index contributed by atoms with van der Waals surface area (Å²) in [5.74, 6) is 0.186. The first-order valence-corrected chi connectivity index (χ1v) is 7.13. The zero-order valence-electron chi connectivity index (χ0n) is 5.98. The van der Waals surface area contributed by atoms with Gasteiger partial charge in [-0.15, -0.1) is 0 Å². The first kappa shape index (κ1) is 12.4. The van der Waals surface area contributed by atoms with Crippen molar-refractivity contribution in [3.8, 4) is 0 Å². The highest BCUT2D eigenvalue weighted by Crippen LogP contribution is 2.40. The topological polar surface area (TPSA) is 34.1 Å². The van der Waals surface area contributed by atoms with Gasteiger partial charge in [-0.05, 0) is 54.2 Å². The van der Waals surface area contributed by atoms with E-state index in [-0.39, 0.29) is 5.75 Å². The molecule has 0 N–H and O–H groups in total. The molecule has 0 unspecified atom stereocenters. The minimum absolute atomic E-state index is 0.186. The molecule has 0 heterocycles. The molecule has 0 fully saturated rings. The number of halogens is 3. The molecule has 2 nitrogen and oxygen atoms in total. The zero-order valence-corrected chi connectivity index (χ0v) is 11.6. The van der Waals surface area contributed by atoms with Crippen molar-refractivity contribution in [1.29, 1.82) is 0 Å². The highest BCUT2D eigenvalue weighted by Gasteiger charge is 2.34. The number of hydrogen-bond acceptors (Lipinski definition) is 2. The third-order valence-electron chi connectivity index (χ3n) is 1.12. The molecule has 0 spiro atoms. The fourth-order valence-corrected chi connectivity index (χ4v) is 2.81. The van der Waals surface area contributed by atoms with Crippen molar-refractivity contribution >= 4 is 57.6 Å². The van der Waals surface area contributed by atoms with Crippen molar-refractivity contribution in [1.82, 2.24) is 0 Å². The summed E-state index contributed by atoms with van der Waals surface area (Å²) in [5, 5.41) is 0. The van der Waals surface area contributed by atoms with Crippen LogP contribution in [-0.2, 0) is 9.84 Å². The van der Waals surface area contributed by atoms with E-state index in [1.165, 1.54) is 0 Å². The van der Waals surface area contributed by atoms with Crippen LogP contribution in [0.25, 0.3) is 0 Å². The summed E-state index contributed by atoms with van der Waals surface area (Å²) in [4.78, 5) is 0. The van der Waals surface area contributed by atoms with Crippen molar-refractivity contribution in [3.05, 3.63) is 0 Å². The minimum atomic E-state index is -3.11. The van der Waals surface area contributed by atoms with Gasteiger partial charge < -0.3 is 0 Å². The Morgan fingerprint density at radius 3 is 2.00 bits per heavy atom. The fraction of sp³-hybridized carbons (Fsp3) is 1.00. The van der Waals surface area contributed by atoms with Gasteiger partial charge in [0.05, 0.1) is 5.75 Å². The summed E-state index contributed by atoms with van der Waals surface area (Å²) in [6, 6.07) is 0. The quantitative estimate of drug-likeness (QED) is 0.714. The molecule has 0 aromatic rings. The average Bonchev–Trinajstić information content (AvgIpc) is 1.81. The van der Waals surface area contributed by atoms with E-state index in [2.05, 4.69) is 47.8 Å². The van der Waals surface area contributed by atoms with Crippen LogP contribution < -0.4 is 0 Å². The summed E-state index contributed by atoms with van der Waals surface area (Å²) < 4.78 is 21.4. The smallest absolute Gasteiger partial charge is 0.226 e. The predicted molar refractivity (Wildman–Crippen MR) is 58.2 cm³/mol. The van der Waals surface area contributed by atoms with E-state index in [1.54, 1.807) is 0 Å². The first-order chi connectivity index (χ1) is 4.81. The Bertz CT molecular complexity index is 204. The van der Waals surface area contributed by atoms with Gasteiger partial charge in [-0.3, -0.25) is 0 Å². The van der Waals surface area contributed by atoms with Gasteiger partial charge in [0, 0.05) is 0 Å². The van der Waals surface area contributed by atoms with Gasteiger partial charge in [0.1, 0.15) is 0 Å². The maximum atomic E-state index is 11.3. The molecule has 6 heteroatoms. The highest BCUT2D eigenvalue weighted by molar-refractivity contribution is 9.42. The van der Waals surface area contributed by atoms with Crippen molar-refractivity contribution in [2.45, 2.75) is 21.2 Å². The second kappa shape index (κ2) is 4.58. The van der Waals surface area contributed by atoms with Crippen LogP contribution in [0.1, 0.15) is 19.8 Å². The maximum absolute atomic E-state index is 11.3. The third kappa shape index (κ3) is 4.24. The van der Waals surface area contributed by atoms with Gasteiger partial charge in [-0.2, -0.15) is 0 Å². The van der Waals surface area contributed by atoms with Crippen molar-refractivity contribution < 1.29 is 8.42 Å². The largest absolute Gasteiger partial charge is 0.234 e. The molecule has 0 aliphatic carbocycles. The molecule has 0 radical (unpaired) electrons. The van der Waals surface area contributed by atoms with Crippen LogP contribution in [0.3, 0.4) is 0 Å². The Labute approximate surface area is 92.4 Å². The van der Waals surface area contributed by atoms with Gasteiger partial charge in [-0.25, -0.2) is 8.42 Å². The van der Waals surface area contributed by atoms with Gasteiger partial charge in [-0.1, -0.05) is 13.3 Å². The Hall–Kier alpha value is 1.39. The van der Waals surface area contributed by atoms with Crippen LogP contribution in [-0.4, -0.2) is 15.6 Å². The zero-order chi connectivity index (χ0) is 9.12. The van der Waals surface area contributed by atoms with Gasteiger partial charge in [0.25, 0.3) is 0 Å². The molecular formula is C5H9Br3O2S. The molecule has 0 bridgehead atoms. The molecule has 0 aliphatic rings. The Morgan fingerprint density at radius 1 is 1.27 bits per heavy atom. The molecule has 11 heavy (non-hydrogen) atoms. The summed E-state index contributed by atoms with van der Waals surface area (Å²) >= 11 is 8.93. The van der Waals surface area contributed by atoms with Crippen LogP contribution in [0.2, 0.25) is 0 Å². The molecule has 0 saturated heterocycles. The van der Waals surface area contributed by atoms with Crippen LogP contribution in [0, 0.1) is 0 Å². The lowest BCUT2D eigenvalue weighted by molar-refractivity contribution is 0.595. The lowest BCUT2D eigenvalue weighted by Gasteiger charge is -2.12. The average molecular weight is 373 g/mol. The fourth-order valence-electron chi connectivity index (χ4n) is 0.450. The van der Waals surface area contributed by atoms with Crippen LogP contribution in [0.5, 0.6) is 0 Å². The summed E-state index contributed by atoms with van der Waals surface area (Å²) in [6.45, 7) is 1.95. The van der Waals surface area contributed by atoms with E-state index in [0.717, 1.165) is 6.42 Å². The molecular weight excluding hydrogens is 364 g/mol. The van der Waals surface area contributed by atoms with E-state index in [1.807, 2.05) is 6.92 Å². The first-order valence-electron chi connectivity index (χ1n) is 3.10. The molecule has 68 valence electrons. The highest BCUT2D eigenvalue weighted by atomic mass is 80.0. The minimum Gasteiger partial charge on any atom is -0.226 e. The lowest BCUT2D eigenvalue weighted by atomic mass is 10.4. The molecule has 0 aliphatic heterocycles. The second-order valence-corrected chi connectivity index (χ2v) is 12.7. The molecule has 0 aromatic heterocycles. The number of hydrogen-bond donors (Lipinski definition) is 0. The van der Waals surface area contributed by atoms with Crippen LogP contribution >= 0.6 is 47.8 Å². The van der Waals surface area contributed by atoms with Crippen molar-refractivity contribution in [2.75, 3.05) is 5.75 Å². The molecule has 0 amide bonds. The molecule has 0 rings (SSSR count). The molecule has 0 atom stereocenters. The maximum Gasteiger partial charge on any atom is 0.234 e. The number of alkyl halides is 3. The lowest BCUT2D eigenvalue weighted by Crippen LogP contribution is -2.20. The van der Waals surface area contributed by atoms with Crippen LogP contribution in [0.15, 0.2) is 0 Å². The monoisotopic (exact) mass is 370 g/mol. The van der Waals surface area contributed by atoms with E-state index >= 15 is 0 Å². The number of rotatable bonds is 3. The van der Waals surface area contributed by atoms with Gasteiger partial charge >= 0.3 is 0 Å². The predicted octanol–water partition coefficient (Wildman–Crippen LogP) is 3.00.